The third-order valence-corrected chi connectivity index (χ3v) is 26.9. The normalized spacial score (nSPS) is 13.7. The molecule has 0 aliphatic heterocycles. The Bertz CT molecular complexity index is 7790. The Balaban J connectivity index is 0.567. The van der Waals surface area contributed by atoms with Gasteiger partial charge in [0.1, 0.15) is 33.5 Å². The predicted molar refractivity (Wildman–Crippen MR) is 488 cm³/mol. The highest BCUT2D eigenvalue weighted by Gasteiger charge is 2.41. The minimum Gasteiger partial charge on any atom is -0.456 e. The topological polar surface area (TPSA) is 45.9 Å². The highest BCUT2D eigenvalue weighted by molar-refractivity contribution is 7.19. The smallest absolute Gasteiger partial charge is 0.143 e. The first kappa shape index (κ1) is 66.6. The maximum absolute atomic E-state index is 7.10. The second kappa shape index (κ2) is 25.2. The fourth-order valence-corrected chi connectivity index (χ4v) is 21.5. The third kappa shape index (κ3) is 9.93. The Morgan fingerprint density at radius 3 is 1.35 bits per heavy atom. The van der Waals surface area contributed by atoms with E-state index in [1.165, 1.54) is 76.2 Å². The Hall–Kier alpha value is -14.0. The van der Waals surface area contributed by atoms with Crippen LogP contribution >= 0.6 is 11.3 Å². The average molecular weight is 1500 g/mol. The molecule has 5 nitrogen and oxygen atoms in total. The minimum atomic E-state index is -0.277. The number of hydrogen-bond donors (Lipinski definition) is 0. The molecule has 116 heavy (non-hydrogen) atoms. The maximum atomic E-state index is 7.10. The highest BCUT2D eigenvalue weighted by atomic mass is 32.1. The summed E-state index contributed by atoms with van der Waals surface area (Å²) in [6, 6.07) is 126. The van der Waals surface area contributed by atoms with Crippen LogP contribution in [0.25, 0.3) is 181 Å². The van der Waals surface area contributed by atoms with Crippen molar-refractivity contribution >= 4 is 149 Å². The SMILES string of the molecule is CC1(C)c2ccccc2-c2cccc(N(c3ccc(-c4ccc5oc6cc(-c7ccc8c(ccc9c8oc8cccc(-c%10ccccc%10N(c%10ccc(-c%11ccc%12c%13c(sc%12c%11)CCC=C%13)cc%10)c%10cccc%11c%10C(C)(C)c%10ccccc%10-%11)c89)c7)ccc6c5c4)cc3)c3ccccc3-c3cccc4oc5c6ccccc6ccc5c34)c21. The van der Waals surface area contributed by atoms with Gasteiger partial charge in [0, 0.05) is 86.0 Å². The number of furan rings is 3. The van der Waals surface area contributed by atoms with Gasteiger partial charge in [0.25, 0.3) is 0 Å². The molecule has 24 rings (SSSR count). The van der Waals surface area contributed by atoms with Crippen molar-refractivity contribution in [1.82, 2.24) is 0 Å². The summed E-state index contributed by atoms with van der Waals surface area (Å²) in [5.41, 5.74) is 34.4. The van der Waals surface area contributed by atoms with Gasteiger partial charge in [-0.05, 0) is 239 Å². The van der Waals surface area contributed by atoms with Crippen molar-refractivity contribution in [2.75, 3.05) is 9.80 Å². The zero-order valence-electron chi connectivity index (χ0n) is 64.4. The van der Waals surface area contributed by atoms with E-state index < -0.39 is 0 Å². The van der Waals surface area contributed by atoms with Crippen molar-refractivity contribution in [3.8, 4) is 77.9 Å². The van der Waals surface area contributed by atoms with Crippen molar-refractivity contribution in [2.24, 2.45) is 0 Å². The van der Waals surface area contributed by atoms with Crippen molar-refractivity contribution in [2.45, 2.75) is 51.4 Å². The van der Waals surface area contributed by atoms with Crippen molar-refractivity contribution in [3.05, 3.63) is 378 Å². The van der Waals surface area contributed by atoms with Gasteiger partial charge in [0.05, 0.1) is 22.7 Å². The summed E-state index contributed by atoms with van der Waals surface area (Å²) in [5, 5.41) is 12.3. The number of nitrogens with zero attached hydrogens (tertiary/aromatic N) is 2. The fraction of sp³-hybridized carbons (Fsp3) is 0.0727. The number of fused-ring (bicyclic) bond motifs is 22. The molecule has 0 saturated heterocycles. The van der Waals surface area contributed by atoms with E-state index in [-0.39, 0.29) is 10.8 Å². The van der Waals surface area contributed by atoms with Crippen LogP contribution in [0, 0.1) is 0 Å². The predicted octanol–water partition coefficient (Wildman–Crippen LogP) is 31.8. The number of thiophene rings is 1. The highest BCUT2D eigenvalue weighted by Crippen LogP contribution is 2.59. The molecule has 4 aromatic heterocycles. The van der Waals surface area contributed by atoms with Crippen LogP contribution in [0.5, 0.6) is 0 Å². The number of aryl methyl sites for hydroxylation is 1. The van der Waals surface area contributed by atoms with Gasteiger partial charge < -0.3 is 23.1 Å². The van der Waals surface area contributed by atoms with Gasteiger partial charge in [0.2, 0.25) is 0 Å². The molecular formula is C110H74N2O3S. The van der Waals surface area contributed by atoms with Crippen LogP contribution in [-0.4, -0.2) is 0 Å². The quantitative estimate of drug-likeness (QED) is 0.129. The lowest BCUT2D eigenvalue weighted by Gasteiger charge is -2.33. The summed E-state index contributed by atoms with van der Waals surface area (Å²) in [6.07, 6.45) is 6.87. The summed E-state index contributed by atoms with van der Waals surface area (Å²) in [7, 11) is 0. The van der Waals surface area contributed by atoms with E-state index in [1.807, 2.05) is 11.3 Å². The van der Waals surface area contributed by atoms with E-state index in [2.05, 4.69) is 389 Å². The van der Waals surface area contributed by atoms with Crippen LogP contribution in [0.15, 0.2) is 359 Å². The van der Waals surface area contributed by atoms with Crippen LogP contribution < -0.4 is 9.80 Å². The minimum absolute atomic E-state index is 0.267. The lowest BCUT2D eigenvalue weighted by molar-refractivity contribution is 0.660. The summed E-state index contributed by atoms with van der Waals surface area (Å²) in [6.45, 7) is 9.54. The Kier molecular flexibility index (Phi) is 14.5. The van der Waals surface area contributed by atoms with Crippen LogP contribution in [0.4, 0.5) is 34.1 Å². The Morgan fingerprint density at radius 1 is 0.293 bits per heavy atom. The fourth-order valence-electron chi connectivity index (χ4n) is 20.3. The standard InChI is InChI=1S/C110H74N2O3S/c1-109(2)91-32-12-7-23-77(91)86-30-17-36-95(105(86)109)111(93-34-14-9-25-79(93)84-28-19-38-98-103(84)88-58-45-67-21-5-6-22-75(67)107(88)114-98)73-51-41-65(42-52-73)69-50-60-97-90(62-69)81-56-47-70(63-100(81)113-97)68-46-55-76-72(61-68)49-59-89-104-85(29-20-39-99(104)115-108(76)89)80-26-10-15-35-94(80)112(96-37-18-31-87-78-24-8-13-33-92(78)110(3,4)106(87)96)74-53-43-66(44-54-74)71-48-57-83-82-27-11-16-40-101(82)116-102(83)64-71/h5-15,17-39,41-64H,16,40H2,1-4H3. The summed E-state index contributed by atoms with van der Waals surface area (Å²) < 4.78 is 22.1. The van der Waals surface area contributed by atoms with Gasteiger partial charge in [-0.1, -0.05) is 264 Å². The zero-order valence-corrected chi connectivity index (χ0v) is 65.2. The molecule has 21 aromatic rings. The first-order valence-electron chi connectivity index (χ1n) is 40.4. The second-order valence-electron chi connectivity index (χ2n) is 32.8. The molecular weight excluding hydrogens is 1430 g/mol. The molecule has 0 radical (unpaired) electrons. The summed E-state index contributed by atoms with van der Waals surface area (Å²) in [4.78, 5) is 6.51. The third-order valence-electron chi connectivity index (χ3n) is 25.7. The number of rotatable bonds is 11. The number of hydrogen-bond acceptors (Lipinski definition) is 6. The molecule has 6 heteroatoms. The number of para-hydroxylation sites is 2. The molecule has 17 aromatic carbocycles. The lowest BCUT2D eigenvalue weighted by Crippen LogP contribution is -2.21. The molecule has 0 N–H and O–H groups in total. The first-order valence-corrected chi connectivity index (χ1v) is 41.2. The van der Waals surface area contributed by atoms with Crippen molar-refractivity contribution in [3.63, 3.8) is 0 Å². The molecule has 3 aliphatic rings. The van der Waals surface area contributed by atoms with Crippen LogP contribution in [0.2, 0.25) is 0 Å². The van der Waals surface area contributed by atoms with Crippen LogP contribution in [0.1, 0.15) is 66.8 Å². The van der Waals surface area contributed by atoms with Crippen LogP contribution in [-0.2, 0) is 17.3 Å². The van der Waals surface area contributed by atoms with E-state index in [1.54, 1.807) is 0 Å². The van der Waals surface area contributed by atoms with E-state index in [0.717, 1.165) is 179 Å². The first-order chi connectivity index (χ1) is 57.0. The second-order valence-corrected chi connectivity index (χ2v) is 33.9. The monoisotopic (exact) mass is 1500 g/mol. The van der Waals surface area contributed by atoms with E-state index in [4.69, 9.17) is 13.3 Å². The molecule has 4 heterocycles. The average Bonchev–Trinajstić information content (AvgIpc) is 1.60. The number of allylic oxidation sites excluding steroid dienone is 1. The molecule has 0 fully saturated rings. The maximum Gasteiger partial charge on any atom is 0.143 e. The van der Waals surface area contributed by atoms with Gasteiger partial charge in [0.15, 0.2) is 0 Å². The number of anilines is 6. The summed E-state index contributed by atoms with van der Waals surface area (Å²) >= 11 is 1.95. The van der Waals surface area contributed by atoms with Gasteiger partial charge >= 0.3 is 0 Å². The molecule has 0 amide bonds. The molecule has 0 saturated carbocycles. The van der Waals surface area contributed by atoms with E-state index in [9.17, 15) is 0 Å². The summed E-state index contributed by atoms with van der Waals surface area (Å²) in [5.74, 6) is 0. The molecule has 0 spiro atoms. The van der Waals surface area contributed by atoms with Gasteiger partial charge in [-0.15, -0.1) is 11.3 Å². The van der Waals surface area contributed by atoms with Crippen molar-refractivity contribution < 1.29 is 13.3 Å². The lowest BCUT2D eigenvalue weighted by atomic mass is 9.81. The van der Waals surface area contributed by atoms with E-state index in [0.29, 0.717) is 0 Å². The largest absolute Gasteiger partial charge is 0.456 e. The molecule has 0 unspecified atom stereocenters. The zero-order chi connectivity index (χ0) is 76.8. The van der Waals surface area contributed by atoms with Gasteiger partial charge in [-0.3, -0.25) is 0 Å². The molecule has 3 aliphatic carbocycles. The Morgan fingerprint density at radius 2 is 0.741 bits per heavy atom. The van der Waals surface area contributed by atoms with Crippen LogP contribution in [0.3, 0.4) is 0 Å². The van der Waals surface area contributed by atoms with Gasteiger partial charge in [-0.25, -0.2) is 0 Å². The van der Waals surface area contributed by atoms with Crippen molar-refractivity contribution in [1.29, 1.82) is 0 Å². The molecule has 0 bridgehead atoms. The molecule has 548 valence electrons. The van der Waals surface area contributed by atoms with E-state index >= 15 is 0 Å². The number of benzene rings is 17. The van der Waals surface area contributed by atoms with Gasteiger partial charge in [-0.2, -0.15) is 0 Å². The Labute approximate surface area is 675 Å². The molecule has 0 atom stereocenters.